The van der Waals surface area contributed by atoms with Gasteiger partial charge in [0.1, 0.15) is 6.29 Å². The monoisotopic (exact) mass is 404 g/mol. The van der Waals surface area contributed by atoms with Crippen molar-refractivity contribution in [3.05, 3.63) is 12.2 Å². The highest BCUT2D eigenvalue weighted by Crippen LogP contribution is 2.61. The van der Waals surface area contributed by atoms with E-state index in [1.165, 1.54) is 44.0 Å². The summed E-state index contributed by atoms with van der Waals surface area (Å²) in [4.78, 5) is 12.2. The fraction of sp³-hybridized carbons (Fsp3) is 0.880. The molecule has 0 heterocycles. The third-order valence-corrected chi connectivity index (χ3v) is 14.4. The molecule has 0 aromatic carbocycles. The molecule has 3 aliphatic carbocycles. The number of carbonyl (C=O) groups is 1. The van der Waals surface area contributed by atoms with Crippen LogP contribution >= 0.6 is 0 Å². The number of carbonyl (C=O) groups excluding carboxylic acids is 1. The van der Waals surface area contributed by atoms with Crippen LogP contribution in [-0.4, -0.2) is 20.7 Å². The number of aldehydes is 1. The molecule has 28 heavy (non-hydrogen) atoms. The number of hydrogen-bond donors (Lipinski definition) is 0. The molecule has 3 heteroatoms. The summed E-state index contributed by atoms with van der Waals surface area (Å²) in [6.45, 7) is 20.9. The maximum Gasteiger partial charge on any atom is 0.192 e. The second-order valence-corrected chi connectivity index (χ2v) is 17.0. The summed E-state index contributed by atoms with van der Waals surface area (Å²) in [5.74, 6) is 1.61. The largest absolute Gasteiger partial charge is 0.414 e. The van der Waals surface area contributed by atoms with E-state index in [0.29, 0.717) is 11.3 Å². The molecule has 0 aliphatic heterocycles. The van der Waals surface area contributed by atoms with Gasteiger partial charge >= 0.3 is 0 Å². The Morgan fingerprint density at radius 1 is 1.07 bits per heavy atom. The predicted molar refractivity (Wildman–Crippen MR) is 121 cm³/mol. The minimum atomic E-state index is -1.78. The molecule has 0 amide bonds. The zero-order valence-electron chi connectivity index (χ0n) is 19.6. The van der Waals surface area contributed by atoms with E-state index in [4.69, 9.17) is 4.43 Å². The molecule has 0 radical (unpaired) electrons. The van der Waals surface area contributed by atoms with Crippen molar-refractivity contribution < 1.29 is 9.22 Å². The molecule has 0 bridgehead atoms. The lowest BCUT2D eigenvalue weighted by Crippen LogP contribution is -2.50. The van der Waals surface area contributed by atoms with E-state index in [1.807, 2.05) is 0 Å². The molecule has 0 N–H and O–H groups in total. The van der Waals surface area contributed by atoms with E-state index < -0.39 is 8.32 Å². The minimum absolute atomic E-state index is 0.148. The first-order chi connectivity index (χ1) is 12.8. The summed E-state index contributed by atoms with van der Waals surface area (Å²) in [6.07, 6.45) is 11.1. The number of hydrogen-bond acceptors (Lipinski definition) is 2. The standard InChI is InChI=1S/C25H44O2Si/c1-18-9-10-19-15-20(11-13-24(18,19)5)25(6)14-12-22(16-21(25)17-26)27-28(7,8)23(2,3)4/h17,19-22H,1,9-16H2,2-8H3/t19?,20?,21-,22?,24-,25-/m1/s1. The predicted octanol–water partition coefficient (Wildman–Crippen LogP) is 7.15. The van der Waals surface area contributed by atoms with Crippen molar-refractivity contribution in [3.8, 4) is 0 Å². The molecule has 3 unspecified atom stereocenters. The number of allylic oxidation sites excluding steroid dienone is 1. The smallest absolute Gasteiger partial charge is 0.192 e. The van der Waals surface area contributed by atoms with E-state index in [1.54, 1.807) is 0 Å². The van der Waals surface area contributed by atoms with E-state index in [9.17, 15) is 4.79 Å². The van der Waals surface area contributed by atoms with Crippen LogP contribution in [0.15, 0.2) is 12.2 Å². The van der Waals surface area contributed by atoms with Crippen molar-refractivity contribution in [3.63, 3.8) is 0 Å². The highest BCUT2D eigenvalue weighted by Gasteiger charge is 2.53. The van der Waals surface area contributed by atoms with Gasteiger partial charge in [-0.1, -0.05) is 46.8 Å². The maximum atomic E-state index is 12.2. The molecule has 3 aliphatic rings. The van der Waals surface area contributed by atoms with Crippen LogP contribution in [0.25, 0.3) is 0 Å². The Balaban J connectivity index is 1.70. The van der Waals surface area contributed by atoms with Crippen molar-refractivity contribution in [2.75, 3.05) is 0 Å². The SMILES string of the molecule is C=C1CCC2CC([C@@]3(C)CCC(O[Si](C)(C)C(C)(C)C)C[C@@H]3C=O)CC[C@]12C. The van der Waals surface area contributed by atoms with Gasteiger partial charge in [-0.2, -0.15) is 0 Å². The summed E-state index contributed by atoms with van der Waals surface area (Å²) in [5.41, 5.74) is 2.01. The first-order valence-corrected chi connectivity index (χ1v) is 14.6. The van der Waals surface area contributed by atoms with Gasteiger partial charge in [-0.15, -0.1) is 0 Å². The molecule has 0 spiro atoms. The molecular formula is C25H44O2Si. The average Bonchev–Trinajstić information content (AvgIpc) is 2.90. The van der Waals surface area contributed by atoms with Gasteiger partial charge in [-0.05, 0) is 92.2 Å². The second kappa shape index (κ2) is 7.37. The fourth-order valence-electron chi connectivity index (χ4n) is 6.28. The first-order valence-electron chi connectivity index (χ1n) is 11.6. The lowest BCUT2D eigenvalue weighted by molar-refractivity contribution is -0.123. The topological polar surface area (TPSA) is 26.3 Å². The average molecular weight is 405 g/mol. The lowest BCUT2D eigenvalue weighted by atomic mass is 9.53. The van der Waals surface area contributed by atoms with Gasteiger partial charge in [0.05, 0.1) is 0 Å². The van der Waals surface area contributed by atoms with Gasteiger partial charge in [-0.3, -0.25) is 0 Å². The highest BCUT2D eigenvalue weighted by molar-refractivity contribution is 6.74. The first kappa shape index (κ1) is 22.3. The van der Waals surface area contributed by atoms with Crippen molar-refractivity contribution in [1.29, 1.82) is 0 Å². The van der Waals surface area contributed by atoms with Gasteiger partial charge in [-0.25, -0.2) is 0 Å². The Morgan fingerprint density at radius 3 is 2.36 bits per heavy atom. The van der Waals surface area contributed by atoms with Gasteiger partial charge in [0.15, 0.2) is 8.32 Å². The van der Waals surface area contributed by atoms with E-state index in [-0.39, 0.29) is 22.5 Å². The Hall–Kier alpha value is -0.413. The summed E-state index contributed by atoms with van der Waals surface area (Å²) < 4.78 is 6.72. The van der Waals surface area contributed by atoms with E-state index in [0.717, 1.165) is 25.2 Å². The van der Waals surface area contributed by atoms with Crippen LogP contribution in [0.1, 0.15) is 86.0 Å². The highest BCUT2D eigenvalue weighted by atomic mass is 28.4. The van der Waals surface area contributed by atoms with Crippen LogP contribution in [0.5, 0.6) is 0 Å². The molecule has 3 rings (SSSR count). The summed E-state index contributed by atoms with van der Waals surface area (Å²) in [5, 5.41) is 0.225. The minimum Gasteiger partial charge on any atom is -0.414 e. The van der Waals surface area contributed by atoms with Crippen LogP contribution in [0.3, 0.4) is 0 Å². The molecule has 160 valence electrons. The Morgan fingerprint density at radius 2 is 1.75 bits per heavy atom. The molecule has 0 aromatic heterocycles. The number of rotatable bonds is 4. The molecular weight excluding hydrogens is 360 g/mol. The Bertz CT molecular complexity index is 619. The van der Waals surface area contributed by atoms with E-state index in [2.05, 4.69) is 54.3 Å². The Labute approximate surface area is 175 Å². The van der Waals surface area contributed by atoms with Gasteiger partial charge in [0.2, 0.25) is 0 Å². The maximum absolute atomic E-state index is 12.2. The van der Waals surface area contributed by atoms with Crippen molar-refractivity contribution >= 4 is 14.6 Å². The zero-order chi connectivity index (χ0) is 21.0. The quantitative estimate of drug-likeness (QED) is 0.282. The van der Waals surface area contributed by atoms with Crippen LogP contribution in [0.2, 0.25) is 18.1 Å². The van der Waals surface area contributed by atoms with Gasteiger partial charge in [0.25, 0.3) is 0 Å². The lowest BCUT2D eigenvalue weighted by Gasteiger charge is -2.53. The summed E-state index contributed by atoms with van der Waals surface area (Å²) in [7, 11) is -1.78. The van der Waals surface area contributed by atoms with Crippen LogP contribution in [-0.2, 0) is 9.22 Å². The van der Waals surface area contributed by atoms with Gasteiger partial charge in [0, 0.05) is 12.0 Å². The molecule has 3 saturated carbocycles. The van der Waals surface area contributed by atoms with Crippen molar-refractivity contribution in [2.45, 2.75) is 110 Å². The van der Waals surface area contributed by atoms with Crippen LogP contribution < -0.4 is 0 Å². The van der Waals surface area contributed by atoms with E-state index >= 15 is 0 Å². The second-order valence-electron chi connectivity index (χ2n) is 12.3. The Kier molecular flexibility index (Phi) is 5.87. The normalized spacial score (nSPS) is 42.3. The summed E-state index contributed by atoms with van der Waals surface area (Å²) >= 11 is 0. The third-order valence-electron chi connectivity index (χ3n) is 9.82. The van der Waals surface area contributed by atoms with Crippen LogP contribution in [0, 0.1) is 28.6 Å². The van der Waals surface area contributed by atoms with Crippen molar-refractivity contribution in [1.82, 2.24) is 0 Å². The van der Waals surface area contributed by atoms with Gasteiger partial charge < -0.3 is 9.22 Å². The zero-order valence-corrected chi connectivity index (χ0v) is 20.6. The summed E-state index contributed by atoms with van der Waals surface area (Å²) in [6, 6.07) is 0. The number of fused-ring (bicyclic) bond motifs is 1. The fourth-order valence-corrected chi connectivity index (χ4v) is 7.68. The molecule has 6 atom stereocenters. The van der Waals surface area contributed by atoms with Crippen molar-refractivity contribution in [2.24, 2.45) is 28.6 Å². The molecule has 2 nitrogen and oxygen atoms in total. The molecule has 0 aromatic rings. The third kappa shape index (κ3) is 3.71. The van der Waals surface area contributed by atoms with Crippen LogP contribution in [0.4, 0.5) is 0 Å². The molecule has 3 fully saturated rings. The molecule has 0 saturated heterocycles.